The van der Waals surface area contributed by atoms with Crippen molar-refractivity contribution in [1.29, 1.82) is 0 Å². The first kappa shape index (κ1) is 17.2. The SMILES string of the molecule is Cc1cc(C)c2c(N)c(C(=O)NNC(=O)CC(C)(C)C)sc2n1. The molecule has 2 rings (SSSR count). The lowest BCUT2D eigenvalue weighted by Gasteiger charge is -2.17. The van der Waals surface area contributed by atoms with Crippen LogP contribution in [0.25, 0.3) is 10.2 Å². The Labute approximate surface area is 139 Å². The highest BCUT2D eigenvalue weighted by atomic mass is 32.1. The van der Waals surface area contributed by atoms with E-state index in [2.05, 4.69) is 15.8 Å². The van der Waals surface area contributed by atoms with Crippen LogP contribution in [0.4, 0.5) is 5.69 Å². The zero-order chi connectivity index (χ0) is 17.4. The van der Waals surface area contributed by atoms with Gasteiger partial charge in [-0.15, -0.1) is 11.3 Å². The largest absolute Gasteiger partial charge is 0.397 e. The smallest absolute Gasteiger partial charge is 0.281 e. The van der Waals surface area contributed by atoms with Crippen LogP contribution in [0.2, 0.25) is 0 Å². The maximum Gasteiger partial charge on any atom is 0.281 e. The number of carbonyl (C=O) groups is 2. The number of nitrogens with one attached hydrogen (secondary N) is 2. The number of hydrogen-bond donors (Lipinski definition) is 3. The van der Waals surface area contributed by atoms with E-state index in [4.69, 9.17) is 5.73 Å². The first-order valence-electron chi connectivity index (χ1n) is 7.34. The van der Waals surface area contributed by atoms with Gasteiger partial charge in [0.25, 0.3) is 5.91 Å². The number of aryl methyl sites for hydroxylation is 2. The van der Waals surface area contributed by atoms with Crippen molar-refractivity contribution >= 4 is 39.1 Å². The Kier molecular flexibility index (Phi) is 4.61. The summed E-state index contributed by atoms with van der Waals surface area (Å²) < 4.78 is 0. The number of carbonyl (C=O) groups excluding carboxylic acids is 2. The molecule has 23 heavy (non-hydrogen) atoms. The molecular formula is C16H22N4O2S. The number of hydrazine groups is 1. The summed E-state index contributed by atoms with van der Waals surface area (Å²) >= 11 is 1.23. The molecule has 6 nitrogen and oxygen atoms in total. The van der Waals surface area contributed by atoms with E-state index in [9.17, 15) is 9.59 Å². The van der Waals surface area contributed by atoms with Crippen LogP contribution in [-0.4, -0.2) is 16.8 Å². The molecule has 0 spiro atoms. The third-order valence-corrected chi connectivity index (χ3v) is 4.33. The van der Waals surface area contributed by atoms with Gasteiger partial charge >= 0.3 is 0 Å². The van der Waals surface area contributed by atoms with Crippen molar-refractivity contribution in [1.82, 2.24) is 15.8 Å². The lowest BCUT2D eigenvalue weighted by molar-refractivity contribution is -0.123. The minimum Gasteiger partial charge on any atom is -0.397 e. The molecule has 0 aromatic carbocycles. The average Bonchev–Trinajstić information content (AvgIpc) is 2.71. The molecule has 124 valence electrons. The van der Waals surface area contributed by atoms with E-state index in [1.54, 1.807) is 0 Å². The third kappa shape index (κ3) is 3.98. The molecule has 0 aliphatic rings. The molecule has 2 heterocycles. The predicted octanol–water partition coefficient (Wildman–Crippen LogP) is 2.69. The first-order valence-corrected chi connectivity index (χ1v) is 8.15. The molecule has 0 aliphatic heterocycles. The molecule has 0 fully saturated rings. The van der Waals surface area contributed by atoms with Crippen LogP contribution >= 0.6 is 11.3 Å². The average molecular weight is 334 g/mol. The topological polar surface area (TPSA) is 97.1 Å². The van der Waals surface area contributed by atoms with Gasteiger partial charge in [-0.1, -0.05) is 20.8 Å². The number of nitrogens with two attached hydrogens (primary N) is 1. The molecule has 0 atom stereocenters. The van der Waals surface area contributed by atoms with Gasteiger partial charge in [-0.3, -0.25) is 20.4 Å². The summed E-state index contributed by atoms with van der Waals surface area (Å²) in [6, 6.07) is 1.93. The van der Waals surface area contributed by atoms with Crippen LogP contribution in [0.15, 0.2) is 6.07 Å². The van der Waals surface area contributed by atoms with Gasteiger partial charge in [-0.05, 0) is 30.9 Å². The number of aromatic nitrogens is 1. The van der Waals surface area contributed by atoms with Gasteiger partial charge in [0.05, 0.1) is 5.69 Å². The van der Waals surface area contributed by atoms with Crippen LogP contribution in [0.5, 0.6) is 0 Å². The Balaban J connectivity index is 2.17. The summed E-state index contributed by atoms with van der Waals surface area (Å²) in [7, 11) is 0. The summed E-state index contributed by atoms with van der Waals surface area (Å²) in [5.74, 6) is -0.666. The van der Waals surface area contributed by atoms with Crippen molar-refractivity contribution in [3.63, 3.8) is 0 Å². The van der Waals surface area contributed by atoms with Crippen molar-refractivity contribution in [3.05, 3.63) is 22.2 Å². The molecule has 0 bridgehead atoms. The van der Waals surface area contributed by atoms with Crippen molar-refractivity contribution < 1.29 is 9.59 Å². The number of rotatable bonds is 2. The van der Waals surface area contributed by atoms with E-state index < -0.39 is 5.91 Å². The molecule has 0 saturated carbocycles. The van der Waals surface area contributed by atoms with Crippen LogP contribution in [0.1, 0.15) is 48.1 Å². The fraction of sp³-hybridized carbons (Fsp3) is 0.438. The zero-order valence-electron chi connectivity index (χ0n) is 14.0. The molecule has 0 radical (unpaired) electrons. The molecule has 7 heteroatoms. The normalized spacial score (nSPS) is 11.5. The molecule has 0 unspecified atom stereocenters. The molecule has 0 saturated heterocycles. The minimum absolute atomic E-state index is 0.149. The number of amides is 2. The highest BCUT2D eigenvalue weighted by Gasteiger charge is 2.20. The van der Waals surface area contributed by atoms with Crippen molar-refractivity contribution in [3.8, 4) is 0 Å². The fourth-order valence-corrected chi connectivity index (χ4v) is 3.46. The number of nitrogens with zero attached hydrogens (tertiary/aromatic N) is 1. The number of hydrogen-bond acceptors (Lipinski definition) is 5. The second-order valence-electron chi connectivity index (χ2n) is 6.85. The quantitative estimate of drug-likeness (QED) is 0.736. The molecule has 2 aromatic rings. The number of anilines is 1. The van der Waals surface area contributed by atoms with Crippen LogP contribution in [0.3, 0.4) is 0 Å². The van der Waals surface area contributed by atoms with Gasteiger partial charge in [-0.25, -0.2) is 4.98 Å². The van der Waals surface area contributed by atoms with Crippen LogP contribution in [-0.2, 0) is 4.79 Å². The monoisotopic (exact) mass is 334 g/mol. The predicted molar refractivity (Wildman–Crippen MR) is 93.2 cm³/mol. The van der Waals surface area contributed by atoms with Gasteiger partial charge in [0, 0.05) is 17.5 Å². The van der Waals surface area contributed by atoms with E-state index in [-0.39, 0.29) is 11.3 Å². The number of fused-ring (bicyclic) bond motifs is 1. The molecule has 0 aliphatic carbocycles. The Hall–Kier alpha value is -2.15. The third-order valence-electron chi connectivity index (χ3n) is 3.24. The number of nitrogen functional groups attached to an aromatic ring is 1. The standard InChI is InChI=1S/C16H22N4O2S/c1-8-6-9(2)18-15-11(8)12(17)13(23-15)14(22)20-19-10(21)7-16(3,4)5/h6H,7,17H2,1-5H3,(H,19,21)(H,20,22). The van der Waals surface area contributed by atoms with Gasteiger partial charge < -0.3 is 5.73 Å². The Morgan fingerprint density at radius 2 is 1.91 bits per heavy atom. The Morgan fingerprint density at radius 1 is 1.26 bits per heavy atom. The van der Waals surface area contributed by atoms with E-state index >= 15 is 0 Å². The van der Waals surface area contributed by atoms with Crippen LogP contribution in [0, 0.1) is 19.3 Å². The number of thiophene rings is 1. The van der Waals surface area contributed by atoms with E-state index in [0.717, 1.165) is 21.5 Å². The van der Waals surface area contributed by atoms with E-state index in [1.165, 1.54) is 11.3 Å². The van der Waals surface area contributed by atoms with E-state index in [1.807, 2.05) is 40.7 Å². The first-order chi connectivity index (χ1) is 10.6. The lowest BCUT2D eigenvalue weighted by Crippen LogP contribution is -2.42. The molecule has 2 aromatic heterocycles. The number of pyridine rings is 1. The zero-order valence-corrected chi connectivity index (χ0v) is 14.9. The maximum absolute atomic E-state index is 12.3. The summed E-state index contributed by atoms with van der Waals surface area (Å²) in [6.45, 7) is 9.70. The van der Waals surface area contributed by atoms with Gasteiger partial charge in [-0.2, -0.15) is 0 Å². The minimum atomic E-state index is -0.426. The van der Waals surface area contributed by atoms with Gasteiger partial charge in [0.2, 0.25) is 5.91 Å². The Bertz CT molecular complexity index is 774. The fourth-order valence-electron chi connectivity index (χ4n) is 2.35. The summed E-state index contributed by atoms with van der Waals surface area (Å²) in [4.78, 5) is 29.6. The summed E-state index contributed by atoms with van der Waals surface area (Å²) in [5, 5.41) is 0.798. The van der Waals surface area contributed by atoms with Crippen molar-refractivity contribution in [2.75, 3.05) is 5.73 Å². The molecular weight excluding hydrogens is 312 g/mol. The molecule has 4 N–H and O–H groups in total. The van der Waals surface area contributed by atoms with Gasteiger partial charge in [0.15, 0.2) is 0 Å². The van der Waals surface area contributed by atoms with Crippen molar-refractivity contribution in [2.45, 2.75) is 41.0 Å². The maximum atomic E-state index is 12.3. The van der Waals surface area contributed by atoms with Crippen molar-refractivity contribution in [2.24, 2.45) is 5.41 Å². The van der Waals surface area contributed by atoms with Crippen LogP contribution < -0.4 is 16.6 Å². The molecule has 2 amide bonds. The second-order valence-corrected chi connectivity index (χ2v) is 7.84. The van der Waals surface area contributed by atoms with Gasteiger partial charge in [0.1, 0.15) is 9.71 Å². The lowest BCUT2D eigenvalue weighted by atomic mass is 9.92. The Morgan fingerprint density at radius 3 is 2.52 bits per heavy atom. The summed E-state index contributed by atoms with van der Waals surface area (Å²) in [5.41, 5.74) is 13.1. The highest BCUT2D eigenvalue weighted by Crippen LogP contribution is 2.34. The summed E-state index contributed by atoms with van der Waals surface area (Å²) in [6.07, 6.45) is 0.315. The van der Waals surface area contributed by atoms with E-state index in [0.29, 0.717) is 17.0 Å². The highest BCUT2D eigenvalue weighted by molar-refractivity contribution is 7.21. The second kappa shape index (κ2) is 6.16.